The highest BCUT2D eigenvalue weighted by molar-refractivity contribution is 7.91. The van der Waals surface area contributed by atoms with Crippen LogP contribution in [0, 0.1) is 5.92 Å². The Labute approximate surface area is 125 Å². The van der Waals surface area contributed by atoms with Crippen molar-refractivity contribution < 1.29 is 21.9 Å². The minimum absolute atomic E-state index is 0.0511. The smallest absolute Gasteiger partial charge is 0.215 e. The van der Waals surface area contributed by atoms with Crippen LogP contribution < -0.4 is 4.72 Å². The van der Waals surface area contributed by atoms with Crippen LogP contribution in [0.15, 0.2) is 24.3 Å². The van der Waals surface area contributed by atoms with Crippen LogP contribution in [0.4, 0.5) is 0 Å². The second kappa shape index (κ2) is 6.43. The molecule has 0 bridgehead atoms. The van der Waals surface area contributed by atoms with E-state index in [1.165, 1.54) is 0 Å². The molecule has 1 aromatic carbocycles. The van der Waals surface area contributed by atoms with Crippen molar-refractivity contribution in [1.29, 1.82) is 0 Å². The lowest BCUT2D eigenvalue weighted by Crippen LogP contribution is -2.30. The topological polar surface area (TPSA) is 101 Å². The van der Waals surface area contributed by atoms with Crippen LogP contribution in [-0.2, 0) is 32.2 Å². The summed E-state index contributed by atoms with van der Waals surface area (Å²) in [5.41, 5.74) is 1.25. The van der Waals surface area contributed by atoms with Gasteiger partial charge in [0.1, 0.15) is 0 Å². The number of rotatable bonds is 6. The standard InChI is InChI=1S/C13H19NO5S2/c15-8-11-2-1-3-12(6-11)10-21(18,19)14-7-13-4-5-20(16,17)9-13/h1-3,6,13-15H,4-5,7-10H2. The fraction of sp³-hybridized carbons (Fsp3) is 0.538. The van der Waals surface area contributed by atoms with E-state index in [1.807, 2.05) is 0 Å². The fourth-order valence-corrected chi connectivity index (χ4v) is 5.44. The van der Waals surface area contributed by atoms with Gasteiger partial charge in [-0.2, -0.15) is 0 Å². The maximum atomic E-state index is 12.0. The molecule has 1 saturated heterocycles. The Morgan fingerprint density at radius 2 is 2.00 bits per heavy atom. The van der Waals surface area contributed by atoms with Crippen molar-refractivity contribution in [2.75, 3.05) is 18.1 Å². The molecule has 118 valence electrons. The molecule has 1 fully saturated rings. The van der Waals surface area contributed by atoms with Gasteiger partial charge < -0.3 is 5.11 Å². The average Bonchev–Trinajstić information content (AvgIpc) is 2.76. The first kappa shape index (κ1) is 16.4. The number of nitrogens with one attached hydrogen (secondary N) is 1. The van der Waals surface area contributed by atoms with Crippen molar-refractivity contribution in [3.05, 3.63) is 35.4 Å². The molecule has 0 aromatic heterocycles. The molecular formula is C13H19NO5S2. The predicted molar refractivity (Wildman–Crippen MR) is 79.8 cm³/mol. The summed E-state index contributed by atoms with van der Waals surface area (Å²) in [5, 5.41) is 9.03. The maximum absolute atomic E-state index is 12.0. The molecule has 21 heavy (non-hydrogen) atoms. The van der Waals surface area contributed by atoms with E-state index in [4.69, 9.17) is 5.11 Å². The number of sulfonamides is 1. The fourth-order valence-electron chi connectivity index (χ4n) is 2.37. The summed E-state index contributed by atoms with van der Waals surface area (Å²) >= 11 is 0. The number of benzene rings is 1. The Hall–Kier alpha value is -0.960. The summed E-state index contributed by atoms with van der Waals surface area (Å²) in [6, 6.07) is 6.73. The van der Waals surface area contributed by atoms with Crippen LogP contribution in [-0.4, -0.2) is 40.0 Å². The number of aliphatic hydroxyl groups is 1. The van der Waals surface area contributed by atoms with Gasteiger partial charge in [0.15, 0.2) is 9.84 Å². The van der Waals surface area contributed by atoms with E-state index in [9.17, 15) is 16.8 Å². The van der Waals surface area contributed by atoms with Gasteiger partial charge in [0.05, 0.1) is 23.9 Å². The number of hydrogen-bond acceptors (Lipinski definition) is 5. The van der Waals surface area contributed by atoms with Gasteiger partial charge in [-0.15, -0.1) is 0 Å². The first-order valence-corrected chi connectivity index (χ1v) is 10.1. The van der Waals surface area contributed by atoms with E-state index < -0.39 is 19.9 Å². The average molecular weight is 333 g/mol. The Kier molecular flexibility index (Phi) is 5.03. The van der Waals surface area contributed by atoms with E-state index in [0.29, 0.717) is 17.5 Å². The minimum atomic E-state index is -3.51. The zero-order valence-corrected chi connectivity index (χ0v) is 13.2. The highest BCUT2D eigenvalue weighted by Gasteiger charge is 2.28. The molecule has 1 aliphatic heterocycles. The molecule has 1 heterocycles. The quantitative estimate of drug-likeness (QED) is 0.765. The third-order valence-electron chi connectivity index (χ3n) is 3.45. The minimum Gasteiger partial charge on any atom is -0.392 e. The monoisotopic (exact) mass is 333 g/mol. The molecule has 0 amide bonds. The Morgan fingerprint density at radius 1 is 1.29 bits per heavy atom. The van der Waals surface area contributed by atoms with Crippen molar-refractivity contribution in [3.8, 4) is 0 Å². The molecule has 2 rings (SSSR count). The molecule has 1 aromatic rings. The highest BCUT2D eigenvalue weighted by Crippen LogP contribution is 2.18. The van der Waals surface area contributed by atoms with Crippen LogP contribution in [0.3, 0.4) is 0 Å². The number of hydrogen-bond donors (Lipinski definition) is 2. The lowest BCUT2D eigenvalue weighted by molar-refractivity contribution is 0.282. The molecule has 0 spiro atoms. The Bertz CT molecular complexity index is 697. The first-order chi connectivity index (χ1) is 9.80. The number of aliphatic hydroxyl groups excluding tert-OH is 1. The van der Waals surface area contributed by atoms with Gasteiger partial charge in [0, 0.05) is 6.54 Å². The molecule has 0 saturated carbocycles. The van der Waals surface area contributed by atoms with Gasteiger partial charge in [-0.3, -0.25) is 0 Å². The Morgan fingerprint density at radius 3 is 2.62 bits per heavy atom. The van der Waals surface area contributed by atoms with E-state index in [-0.39, 0.29) is 36.3 Å². The van der Waals surface area contributed by atoms with Crippen molar-refractivity contribution in [2.24, 2.45) is 5.92 Å². The van der Waals surface area contributed by atoms with Crippen LogP contribution in [0.2, 0.25) is 0 Å². The number of sulfone groups is 1. The van der Waals surface area contributed by atoms with Gasteiger partial charge >= 0.3 is 0 Å². The van der Waals surface area contributed by atoms with Gasteiger partial charge in [-0.05, 0) is 23.5 Å². The predicted octanol–water partition coefficient (Wildman–Crippen LogP) is 0.0330. The van der Waals surface area contributed by atoms with Gasteiger partial charge in [0.25, 0.3) is 0 Å². The lowest BCUT2D eigenvalue weighted by atomic mass is 10.1. The van der Waals surface area contributed by atoms with E-state index in [2.05, 4.69) is 4.72 Å². The van der Waals surface area contributed by atoms with Crippen molar-refractivity contribution >= 4 is 19.9 Å². The summed E-state index contributed by atoms with van der Waals surface area (Å²) in [4.78, 5) is 0. The van der Waals surface area contributed by atoms with Crippen LogP contribution in [0.1, 0.15) is 17.5 Å². The summed E-state index contributed by atoms with van der Waals surface area (Å²) in [6.45, 7) is 0.0164. The molecule has 6 nitrogen and oxygen atoms in total. The summed E-state index contributed by atoms with van der Waals surface area (Å²) in [7, 11) is -6.50. The van der Waals surface area contributed by atoms with Crippen LogP contribution in [0.25, 0.3) is 0 Å². The molecule has 0 radical (unpaired) electrons. The van der Waals surface area contributed by atoms with Crippen LogP contribution >= 0.6 is 0 Å². The molecule has 0 aliphatic carbocycles. The Balaban J connectivity index is 1.93. The molecule has 1 aliphatic rings. The van der Waals surface area contributed by atoms with Gasteiger partial charge in [0.2, 0.25) is 10.0 Å². The summed E-state index contributed by atoms with van der Waals surface area (Å²) < 4.78 is 49.1. The van der Waals surface area contributed by atoms with Gasteiger partial charge in [-0.25, -0.2) is 21.6 Å². The SMILES string of the molecule is O=S1(=O)CCC(CNS(=O)(=O)Cc2cccc(CO)c2)C1. The molecular weight excluding hydrogens is 314 g/mol. The third-order valence-corrected chi connectivity index (χ3v) is 6.61. The zero-order chi connectivity index (χ0) is 15.5. The van der Waals surface area contributed by atoms with Crippen molar-refractivity contribution in [1.82, 2.24) is 4.72 Å². The van der Waals surface area contributed by atoms with E-state index in [1.54, 1.807) is 24.3 Å². The first-order valence-electron chi connectivity index (χ1n) is 6.66. The highest BCUT2D eigenvalue weighted by atomic mass is 32.2. The largest absolute Gasteiger partial charge is 0.392 e. The van der Waals surface area contributed by atoms with Crippen LogP contribution in [0.5, 0.6) is 0 Å². The third kappa shape index (κ3) is 5.06. The lowest BCUT2D eigenvalue weighted by Gasteiger charge is -2.11. The van der Waals surface area contributed by atoms with E-state index in [0.717, 1.165) is 0 Å². The second-order valence-corrected chi connectivity index (χ2v) is 9.39. The molecule has 8 heteroatoms. The zero-order valence-electron chi connectivity index (χ0n) is 11.5. The van der Waals surface area contributed by atoms with E-state index >= 15 is 0 Å². The molecule has 2 N–H and O–H groups in total. The normalized spacial score (nSPS) is 21.5. The second-order valence-electron chi connectivity index (χ2n) is 5.35. The molecule has 1 unspecified atom stereocenters. The summed E-state index contributed by atoms with van der Waals surface area (Å²) in [5.74, 6) is -0.137. The maximum Gasteiger partial charge on any atom is 0.215 e. The van der Waals surface area contributed by atoms with Gasteiger partial charge in [-0.1, -0.05) is 24.3 Å². The summed E-state index contributed by atoms with van der Waals surface area (Å²) in [6.07, 6.45) is 0.505. The van der Waals surface area contributed by atoms with Crippen molar-refractivity contribution in [3.63, 3.8) is 0 Å². The van der Waals surface area contributed by atoms with Crippen molar-refractivity contribution in [2.45, 2.75) is 18.8 Å². The molecule has 1 atom stereocenters.